The van der Waals surface area contributed by atoms with Crippen molar-refractivity contribution in [3.8, 4) is 0 Å². The Morgan fingerprint density at radius 1 is 1.27 bits per heavy atom. The lowest BCUT2D eigenvalue weighted by molar-refractivity contribution is -0.124. The second kappa shape index (κ2) is 10.1. The number of fused-ring (bicyclic) bond motifs is 1. The van der Waals surface area contributed by atoms with Crippen molar-refractivity contribution in [2.24, 2.45) is 12.5 Å². The van der Waals surface area contributed by atoms with E-state index in [4.69, 9.17) is 21.7 Å². The zero-order valence-corrected chi connectivity index (χ0v) is 23.5. The zero-order chi connectivity index (χ0) is 27.1. The molecule has 37 heavy (non-hydrogen) atoms. The molecule has 2 aromatic rings. The maximum Gasteiger partial charge on any atom is 0.338 e. The number of aromatic nitrogens is 4. The standard InChI is InChI=1S/C26H31N5O4S2/c1-8-13-35-23(33)17-11-9-16(10-12-17)14-26(24-27-28-29-30(24)6)15(2)18(20(32)25(3,4)5)31-21(36)19(34-7)22(31)37-26/h8-12,19,22H,1,13-14H2,2-7H3/t19-,22+,26?/m0/s1. The third-order valence-corrected chi connectivity index (χ3v) is 8.79. The van der Waals surface area contributed by atoms with E-state index in [1.165, 1.54) is 6.08 Å². The molecule has 3 heterocycles. The summed E-state index contributed by atoms with van der Waals surface area (Å²) in [7, 11) is 3.42. The number of thioether (sulfide) groups is 1. The Hall–Kier alpha value is -2.89. The van der Waals surface area contributed by atoms with E-state index in [-0.39, 0.29) is 23.9 Å². The van der Waals surface area contributed by atoms with Gasteiger partial charge in [0.2, 0.25) is 0 Å². The molecule has 0 aliphatic carbocycles. The van der Waals surface area contributed by atoms with E-state index in [0.29, 0.717) is 28.5 Å². The van der Waals surface area contributed by atoms with Crippen LogP contribution in [0.25, 0.3) is 0 Å². The van der Waals surface area contributed by atoms with E-state index < -0.39 is 16.1 Å². The third kappa shape index (κ3) is 4.64. The van der Waals surface area contributed by atoms with Crippen LogP contribution in [0.4, 0.5) is 0 Å². The molecule has 1 fully saturated rings. The summed E-state index contributed by atoms with van der Waals surface area (Å²) in [5.41, 5.74) is 2.16. The van der Waals surface area contributed by atoms with Crippen LogP contribution < -0.4 is 0 Å². The van der Waals surface area contributed by atoms with Gasteiger partial charge in [0.1, 0.15) is 27.8 Å². The van der Waals surface area contributed by atoms with Gasteiger partial charge in [-0.1, -0.05) is 57.8 Å². The number of nitrogens with zero attached hydrogens (tertiary/aromatic N) is 5. The second-order valence-electron chi connectivity index (χ2n) is 10.1. The van der Waals surface area contributed by atoms with Crippen molar-refractivity contribution in [2.45, 2.75) is 50.3 Å². The van der Waals surface area contributed by atoms with Gasteiger partial charge in [-0.25, -0.2) is 9.48 Å². The quantitative estimate of drug-likeness (QED) is 0.280. The lowest BCUT2D eigenvalue weighted by atomic mass is 9.81. The van der Waals surface area contributed by atoms with Crippen LogP contribution in [0, 0.1) is 5.41 Å². The van der Waals surface area contributed by atoms with E-state index >= 15 is 0 Å². The minimum absolute atomic E-state index is 0.00739. The summed E-state index contributed by atoms with van der Waals surface area (Å²) in [6, 6.07) is 7.25. The average Bonchev–Trinajstić information content (AvgIpc) is 3.30. The number of ketones is 1. The lowest BCUT2D eigenvalue weighted by Crippen LogP contribution is -2.67. The largest absolute Gasteiger partial charge is 0.458 e. The van der Waals surface area contributed by atoms with E-state index in [1.807, 2.05) is 44.7 Å². The number of rotatable bonds is 8. The minimum atomic E-state index is -0.784. The molecule has 11 heteroatoms. The number of Topliss-reactive ketones (excluding diaryl/α,β-unsaturated/α-hetero) is 1. The fourth-order valence-corrected chi connectivity index (χ4v) is 7.10. The van der Waals surface area contributed by atoms with Crippen LogP contribution in [0.1, 0.15) is 49.4 Å². The first-order valence-electron chi connectivity index (χ1n) is 11.9. The maximum absolute atomic E-state index is 13.8. The minimum Gasteiger partial charge on any atom is -0.458 e. The molecule has 2 aliphatic rings. The van der Waals surface area contributed by atoms with Crippen molar-refractivity contribution in [1.29, 1.82) is 0 Å². The van der Waals surface area contributed by atoms with Crippen molar-refractivity contribution >= 4 is 40.7 Å². The molecule has 0 bridgehead atoms. The molecule has 0 amide bonds. The van der Waals surface area contributed by atoms with Crippen LogP contribution in [-0.2, 0) is 32.5 Å². The SMILES string of the molecule is C=CCOC(=O)c1ccc(CC2(c3nnnn3C)S[C@@H]3[C@@H](OC)C(=S)N3C(C(=O)C(C)(C)C)=C2C)cc1. The van der Waals surface area contributed by atoms with Crippen LogP contribution in [0.3, 0.4) is 0 Å². The van der Waals surface area contributed by atoms with Crippen LogP contribution in [0.5, 0.6) is 0 Å². The molecule has 1 unspecified atom stereocenters. The highest BCUT2D eigenvalue weighted by atomic mass is 32.2. The van der Waals surface area contributed by atoms with Crippen LogP contribution >= 0.6 is 24.0 Å². The first-order valence-corrected chi connectivity index (χ1v) is 13.1. The number of methoxy groups -OCH3 is 1. The Morgan fingerprint density at radius 3 is 2.49 bits per heavy atom. The number of carbonyl (C=O) groups is 2. The monoisotopic (exact) mass is 541 g/mol. The van der Waals surface area contributed by atoms with Gasteiger partial charge in [-0.15, -0.1) is 16.9 Å². The van der Waals surface area contributed by atoms with Crippen molar-refractivity contribution in [1.82, 2.24) is 25.1 Å². The summed E-state index contributed by atoms with van der Waals surface area (Å²) < 4.78 is 11.7. The van der Waals surface area contributed by atoms with E-state index in [9.17, 15) is 9.59 Å². The molecule has 0 saturated carbocycles. The lowest BCUT2D eigenvalue weighted by Gasteiger charge is -2.56. The highest BCUT2D eigenvalue weighted by Crippen LogP contribution is 2.57. The molecular weight excluding hydrogens is 510 g/mol. The number of ether oxygens (including phenoxy) is 2. The van der Waals surface area contributed by atoms with Gasteiger partial charge in [-0.2, -0.15) is 0 Å². The number of hydrogen-bond donors (Lipinski definition) is 0. The summed E-state index contributed by atoms with van der Waals surface area (Å²) in [6.07, 6.45) is 1.69. The highest BCUT2D eigenvalue weighted by molar-refractivity contribution is 8.01. The van der Waals surface area contributed by atoms with Gasteiger partial charge < -0.3 is 14.4 Å². The van der Waals surface area contributed by atoms with Crippen LogP contribution in [-0.4, -0.2) is 67.0 Å². The predicted octanol–water partition coefficient (Wildman–Crippen LogP) is 3.61. The molecule has 1 aromatic carbocycles. The first kappa shape index (κ1) is 27.2. The number of esters is 1. The van der Waals surface area contributed by atoms with Gasteiger partial charge in [0.25, 0.3) is 0 Å². The molecule has 3 atom stereocenters. The molecule has 1 aromatic heterocycles. The van der Waals surface area contributed by atoms with Gasteiger partial charge in [0.05, 0.1) is 11.3 Å². The third-order valence-electron chi connectivity index (χ3n) is 6.62. The van der Waals surface area contributed by atoms with E-state index in [1.54, 1.807) is 42.7 Å². The number of aryl methyl sites for hydroxylation is 1. The number of thiocarbonyl (C=S) groups is 1. The molecule has 0 radical (unpaired) electrons. The summed E-state index contributed by atoms with van der Waals surface area (Å²) >= 11 is 7.31. The molecule has 1 saturated heterocycles. The van der Waals surface area contributed by atoms with Crippen molar-refractivity contribution < 1.29 is 19.1 Å². The average molecular weight is 542 g/mol. The van der Waals surface area contributed by atoms with E-state index in [2.05, 4.69) is 22.1 Å². The summed E-state index contributed by atoms with van der Waals surface area (Å²) in [4.78, 5) is 28.6. The Balaban J connectivity index is 1.85. The Morgan fingerprint density at radius 2 is 1.95 bits per heavy atom. The first-order chi connectivity index (χ1) is 17.5. The molecule has 0 spiro atoms. The molecule has 4 rings (SSSR count). The fraction of sp³-hybridized carbons (Fsp3) is 0.462. The predicted molar refractivity (Wildman–Crippen MR) is 145 cm³/mol. The van der Waals surface area contributed by atoms with Gasteiger partial charge in [-0.3, -0.25) is 4.79 Å². The van der Waals surface area contributed by atoms with Crippen LogP contribution in [0.2, 0.25) is 0 Å². The zero-order valence-electron chi connectivity index (χ0n) is 21.8. The number of allylic oxidation sites excluding steroid dienone is 1. The van der Waals surface area contributed by atoms with Crippen molar-refractivity contribution in [3.05, 3.63) is 65.1 Å². The number of tetrazole rings is 1. The number of benzene rings is 1. The molecule has 9 nitrogen and oxygen atoms in total. The van der Waals surface area contributed by atoms with Gasteiger partial charge in [-0.05, 0) is 47.0 Å². The summed E-state index contributed by atoms with van der Waals surface area (Å²) in [6.45, 7) is 11.4. The number of hydrogen-bond acceptors (Lipinski definition) is 9. The Labute approximate surface area is 226 Å². The number of carbonyl (C=O) groups excluding carboxylic acids is 2. The second-order valence-corrected chi connectivity index (χ2v) is 12.0. The Bertz CT molecular complexity index is 1280. The maximum atomic E-state index is 13.8. The van der Waals surface area contributed by atoms with Crippen molar-refractivity contribution in [2.75, 3.05) is 13.7 Å². The van der Waals surface area contributed by atoms with Crippen LogP contribution in [0.15, 0.2) is 48.2 Å². The Kier molecular flexibility index (Phi) is 7.42. The fourth-order valence-electron chi connectivity index (χ4n) is 4.62. The summed E-state index contributed by atoms with van der Waals surface area (Å²) in [5.74, 6) is 0.199. The molecule has 2 aliphatic heterocycles. The molecule has 0 N–H and O–H groups in total. The summed E-state index contributed by atoms with van der Waals surface area (Å²) in [5, 5.41) is 12.2. The molecule has 196 valence electrons. The van der Waals surface area contributed by atoms with Gasteiger partial charge in [0.15, 0.2) is 11.6 Å². The normalized spacial score (nSPS) is 23.4. The molecular formula is C26H31N5O4S2. The smallest absolute Gasteiger partial charge is 0.338 e. The van der Waals surface area contributed by atoms with Gasteiger partial charge >= 0.3 is 5.97 Å². The highest BCUT2D eigenvalue weighted by Gasteiger charge is 2.59. The van der Waals surface area contributed by atoms with Crippen molar-refractivity contribution in [3.63, 3.8) is 0 Å². The van der Waals surface area contributed by atoms with Gasteiger partial charge in [0, 0.05) is 19.6 Å². The van der Waals surface area contributed by atoms with E-state index in [0.717, 1.165) is 11.1 Å². The topological polar surface area (TPSA) is 99.4 Å².